The molecule has 1 heterocycles. The quantitative estimate of drug-likeness (QED) is 0.186. The van der Waals surface area contributed by atoms with E-state index in [4.69, 9.17) is 4.74 Å². The summed E-state index contributed by atoms with van der Waals surface area (Å²) in [6.45, 7) is 3.56. The van der Waals surface area contributed by atoms with Gasteiger partial charge in [-0.3, -0.25) is 19.7 Å². The lowest BCUT2D eigenvalue weighted by atomic mass is 9.95. The number of amides is 1. The van der Waals surface area contributed by atoms with E-state index >= 15 is 0 Å². The summed E-state index contributed by atoms with van der Waals surface area (Å²) in [5.74, 6) is -1.14. The molecule has 1 amide bonds. The Morgan fingerprint density at radius 2 is 1.76 bits per heavy atom. The van der Waals surface area contributed by atoms with Crippen LogP contribution in [0.15, 0.2) is 54.1 Å². The van der Waals surface area contributed by atoms with E-state index in [2.05, 4.69) is 0 Å². The smallest absolute Gasteiger partial charge is 0.295 e. The lowest BCUT2D eigenvalue weighted by Crippen LogP contribution is -2.32. The number of hydrogen-bond donors (Lipinski definition) is 1. The van der Waals surface area contributed by atoms with Crippen molar-refractivity contribution in [1.29, 1.82) is 0 Å². The van der Waals surface area contributed by atoms with Crippen molar-refractivity contribution in [3.63, 3.8) is 0 Å². The standard InChI is InChI=1S/C25H29N3O6/c1-4-16-34-20-12-8-18(9-13-20)23(29)21-22(17-6-10-19(11-7-17)28(32)33)27(25(31)24(21)30)15-5-14-26(2)3/h6-13,22,29H,4-5,14-16H2,1-3H3/b23-21-. The first-order chi connectivity index (χ1) is 16.2. The van der Waals surface area contributed by atoms with Crippen LogP contribution < -0.4 is 4.74 Å². The molecule has 9 heteroatoms. The first-order valence-electron chi connectivity index (χ1n) is 11.1. The number of hydrogen-bond acceptors (Lipinski definition) is 7. The Labute approximate surface area is 198 Å². The van der Waals surface area contributed by atoms with Gasteiger partial charge in [-0.15, -0.1) is 0 Å². The topological polar surface area (TPSA) is 113 Å². The summed E-state index contributed by atoms with van der Waals surface area (Å²) >= 11 is 0. The van der Waals surface area contributed by atoms with Crippen molar-refractivity contribution < 1.29 is 24.4 Å². The molecule has 1 fully saturated rings. The van der Waals surface area contributed by atoms with Crippen molar-refractivity contribution in [3.05, 3.63) is 75.3 Å². The molecule has 1 saturated heterocycles. The zero-order chi connectivity index (χ0) is 24.8. The summed E-state index contributed by atoms with van der Waals surface area (Å²) < 4.78 is 5.57. The number of nitro groups is 1. The van der Waals surface area contributed by atoms with Crippen LogP contribution in [-0.2, 0) is 9.59 Å². The zero-order valence-corrected chi connectivity index (χ0v) is 19.6. The number of nitro benzene ring substituents is 1. The SMILES string of the molecule is CCCOc1ccc(/C(O)=C2/C(=O)C(=O)N(CCCN(C)C)C2c2ccc([N+](=O)[O-])cc2)cc1. The minimum Gasteiger partial charge on any atom is -0.507 e. The van der Waals surface area contributed by atoms with E-state index in [1.54, 1.807) is 24.3 Å². The lowest BCUT2D eigenvalue weighted by Gasteiger charge is -2.26. The minimum absolute atomic E-state index is 0.0362. The molecule has 0 aliphatic carbocycles. The number of aliphatic hydroxyl groups is 1. The Morgan fingerprint density at radius 3 is 2.32 bits per heavy atom. The average molecular weight is 468 g/mol. The Kier molecular flexibility index (Phi) is 8.01. The Hall–Kier alpha value is -3.72. The minimum atomic E-state index is -0.848. The molecule has 180 valence electrons. The van der Waals surface area contributed by atoms with Crippen molar-refractivity contribution in [2.24, 2.45) is 0 Å². The highest BCUT2D eigenvalue weighted by Crippen LogP contribution is 2.40. The predicted molar refractivity (Wildman–Crippen MR) is 128 cm³/mol. The molecule has 0 aromatic heterocycles. The van der Waals surface area contributed by atoms with Gasteiger partial charge in [-0.2, -0.15) is 0 Å². The largest absolute Gasteiger partial charge is 0.507 e. The summed E-state index contributed by atoms with van der Waals surface area (Å²) in [6.07, 6.45) is 1.47. The fraction of sp³-hybridized carbons (Fsp3) is 0.360. The number of benzene rings is 2. The highest BCUT2D eigenvalue weighted by atomic mass is 16.6. The Morgan fingerprint density at radius 1 is 1.12 bits per heavy atom. The Balaban J connectivity index is 2.03. The monoisotopic (exact) mass is 467 g/mol. The van der Waals surface area contributed by atoms with E-state index in [9.17, 15) is 24.8 Å². The predicted octanol–water partition coefficient (Wildman–Crippen LogP) is 3.76. The van der Waals surface area contributed by atoms with Crippen LogP contribution in [0, 0.1) is 10.1 Å². The van der Waals surface area contributed by atoms with Gasteiger partial charge in [0.2, 0.25) is 0 Å². The maximum absolute atomic E-state index is 13.0. The van der Waals surface area contributed by atoms with Gasteiger partial charge >= 0.3 is 0 Å². The molecule has 0 saturated carbocycles. The van der Waals surface area contributed by atoms with Crippen molar-refractivity contribution in [1.82, 2.24) is 9.80 Å². The molecule has 9 nitrogen and oxygen atoms in total. The van der Waals surface area contributed by atoms with Gasteiger partial charge in [0.05, 0.1) is 23.1 Å². The summed E-state index contributed by atoms with van der Waals surface area (Å²) in [7, 11) is 3.83. The van der Waals surface area contributed by atoms with E-state index in [1.165, 1.54) is 29.2 Å². The zero-order valence-electron chi connectivity index (χ0n) is 19.6. The number of carbonyl (C=O) groups excluding carboxylic acids is 2. The van der Waals surface area contributed by atoms with Gasteiger partial charge in [0.25, 0.3) is 17.4 Å². The van der Waals surface area contributed by atoms with Gasteiger partial charge in [-0.25, -0.2) is 0 Å². The van der Waals surface area contributed by atoms with Crippen molar-refractivity contribution >= 4 is 23.1 Å². The highest BCUT2D eigenvalue weighted by molar-refractivity contribution is 6.46. The van der Waals surface area contributed by atoms with Crippen LogP contribution in [0.4, 0.5) is 5.69 Å². The summed E-state index contributed by atoms with van der Waals surface area (Å²) in [5, 5.41) is 22.2. The second-order valence-electron chi connectivity index (χ2n) is 8.37. The van der Waals surface area contributed by atoms with E-state index in [0.717, 1.165) is 6.42 Å². The molecule has 0 spiro atoms. The number of ketones is 1. The molecule has 0 bridgehead atoms. The second-order valence-corrected chi connectivity index (χ2v) is 8.37. The molecule has 1 unspecified atom stereocenters. The van der Waals surface area contributed by atoms with Crippen LogP contribution in [0.25, 0.3) is 5.76 Å². The fourth-order valence-electron chi connectivity index (χ4n) is 3.88. The number of non-ortho nitro benzene ring substituents is 1. The maximum atomic E-state index is 13.0. The number of likely N-dealkylation sites (tertiary alicyclic amines) is 1. The molecular weight excluding hydrogens is 438 g/mol. The third-order valence-corrected chi connectivity index (χ3v) is 5.56. The fourth-order valence-corrected chi connectivity index (χ4v) is 3.88. The lowest BCUT2D eigenvalue weighted by molar-refractivity contribution is -0.384. The van der Waals surface area contributed by atoms with Crippen molar-refractivity contribution in [2.75, 3.05) is 33.8 Å². The van der Waals surface area contributed by atoms with Crippen LogP contribution in [0.3, 0.4) is 0 Å². The maximum Gasteiger partial charge on any atom is 0.295 e. The van der Waals surface area contributed by atoms with Crippen LogP contribution >= 0.6 is 0 Å². The van der Waals surface area contributed by atoms with Crippen LogP contribution in [0.5, 0.6) is 5.75 Å². The first kappa shape index (κ1) is 24.9. The van der Waals surface area contributed by atoms with Crippen molar-refractivity contribution in [3.8, 4) is 5.75 Å². The average Bonchev–Trinajstić information content (AvgIpc) is 3.07. The van der Waals surface area contributed by atoms with Crippen LogP contribution in [0.2, 0.25) is 0 Å². The molecule has 2 aromatic rings. The van der Waals surface area contributed by atoms with Gasteiger partial charge in [0, 0.05) is 24.2 Å². The molecule has 1 aliphatic heterocycles. The second kappa shape index (κ2) is 10.9. The first-order valence-corrected chi connectivity index (χ1v) is 11.1. The molecule has 0 radical (unpaired) electrons. The molecular formula is C25H29N3O6. The van der Waals surface area contributed by atoms with E-state index < -0.39 is 22.7 Å². The van der Waals surface area contributed by atoms with Gasteiger partial charge in [0.15, 0.2) is 0 Å². The molecule has 1 N–H and O–H groups in total. The molecule has 1 atom stereocenters. The Bertz CT molecular complexity index is 1080. The number of aliphatic hydroxyl groups excluding tert-OH is 1. The van der Waals surface area contributed by atoms with Crippen molar-refractivity contribution in [2.45, 2.75) is 25.8 Å². The van der Waals surface area contributed by atoms with Gasteiger partial charge in [0.1, 0.15) is 11.5 Å². The number of rotatable bonds is 10. The van der Waals surface area contributed by atoms with E-state index in [-0.39, 0.29) is 17.0 Å². The number of carbonyl (C=O) groups is 2. The van der Waals surface area contributed by atoms with E-state index in [1.807, 2.05) is 25.9 Å². The number of ether oxygens (including phenoxy) is 1. The third kappa shape index (κ3) is 5.43. The van der Waals surface area contributed by atoms with Gasteiger partial charge < -0.3 is 19.6 Å². The van der Waals surface area contributed by atoms with Gasteiger partial charge in [-0.1, -0.05) is 6.92 Å². The van der Waals surface area contributed by atoms with Crippen LogP contribution in [0.1, 0.15) is 36.9 Å². The number of Topliss-reactive ketones (excluding diaryl/α,β-unsaturated/α-hetero) is 1. The highest BCUT2D eigenvalue weighted by Gasteiger charge is 2.45. The summed E-state index contributed by atoms with van der Waals surface area (Å²) in [6, 6.07) is 11.5. The molecule has 1 aliphatic rings. The normalized spacial score (nSPS) is 17.4. The third-order valence-electron chi connectivity index (χ3n) is 5.56. The van der Waals surface area contributed by atoms with E-state index in [0.29, 0.717) is 43.0 Å². The molecule has 3 rings (SSSR count). The summed E-state index contributed by atoms with van der Waals surface area (Å²) in [5.41, 5.74) is 0.753. The van der Waals surface area contributed by atoms with Gasteiger partial charge in [-0.05, 0) is 75.4 Å². The molecule has 2 aromatic carbocycles. The van der Waals surface area contributed by atoms with Crippen LogP contribution in [-0.4, -0.2) is 65.3 Å². The molecule has 34 heavy (non-hydrogen) atoms. The number of nitrogens with zero attached hydrogens (tertiary/aromatic N) is 3. The summed E-state index contributed by atoms with van der Waals surface area (Å²) in [4.78, 5) is 40.0.